The van der Waals surface area contributed by atoms with E-state index < -0.39 is 5.72 Å². The lowest BCUT2D eigenvalue weighted by Crippen LogP contribution is -2.54. The molecule has 0 spiro atoms. The number of aliphatic hydroxyl groups is 1. The Morgan fingerprint density at radius 3 is 2.14 bits per heavy atom. The first-order valence-corrected chi connectivity index (χ1v) is 12.3. The molecule has 0 fully saturated rings. The highest BCUT2D eigenvalue weighted by atomic mass is 16.5. The van der Waals surface area contributed by atoms with Gasteiger partial charge in [0, 0.05) is 24.1 Å². The smallest absolute Gasteiger partial charge is 0.203 e. The molecule has 6 heteroatoms. The van der Waals surface area contributed by atoms with E-state index in [0.29, 0.717) is 30.2 Å². The Kier molecular flexibility index (Phi) is 6.17. The van der Waals surface area contributed by atoms with E-state index in [1.54, 1.807) is 21.3 Å². The third-order valence-electron chi connectivity index (χ3n) is 7.19. The van der Waals surface area contributed by atoms with Crippen LogP contribution in [0.5, 0.6) is 17.2 Å². The number of fused-ring (bicyclic) bond motifs is 3. The summed E-state index contributed by atoms with van der Waals surface area (Å²) in [5.74, 6) is 2.81. The van der Waals surface area contributed by atoms with E-state index in [1.165, 1.54) is 5.56 Å². The average Bonchev–Trinajstić information content (AvgIpc) is 3.23. The third kappa shape index (κ3) is 4.20. The van der Waals surface area contributed by atoms with Crippen molar-refractivity contribution in [2.75, 3.05) is 27.9 Å². The predicted octanol–water partition coefficient (Wildman–Crippen LogP) is 4.74. The SMILES string of the molecule is COc1cc(CCc2ccc(C3(O)Cc4ccccc4C4=NC(C)(C)CN43)cc2)cc(OC)c1OC. The van der Waals surface area contributed by atoms with Gasteiger partial charge >= 0.3 is 0 Å². The van der Waals surface area contributed by atoms with Crippen LogP contribution in [0.15, 0.2) is 65.7 Å². The summed E-state index contributed by atoms with van der Waals surface area (Å²) in [7, 11) is 4.87. The summed E-state index contributed by atoms with van der Waals surface area (Å²) in [5, 5.41) is 12.1. The third-order valence-corrected chi connectivity index (χ3v) is 7.19. The molecule has 1 N–H and O–H groups in total. The van der Waals surface area contributed by atoms with Gasteiger partial charge in [0.05, 0.1) is 26.9 Å². The predicted molar refractivity (Wildman–Crippen MR) is 141 cm³/mol. The lowest BCUT2D eigenvalue weighted by atomic mass is 9.85. The van der Waals surface area contributed by atoms with E-state index in [9.17, 15) is 5.11 Å². The molecule has 2 aliphatic heterocycles. The summed E-state index contributed by atoms with van der Waals surface area (Å²) in [4.78, 5) is 7.06. The van der Waals surface area contributed by atoms with Crippen LogP contribution >= 0.6 is 0 Å². The highest BCUT2D eigenvalue weighted by Gasteiger charge is 2.48. The van der Waals surface area contributed by atoms with Crippen LogP contribution in [0.25, 0.3) is 0 Å². The monoisotopic (exact) mass is 486 g/mol. The van der Waals surface area contributed by atoms with Gasteiger partial charge in [0.25, 0.3) is 0 Å². The van der Waals surface area contributed by atoms with Gasteiger partial charge in [0.1, 0.15) is 5.84 Å². The molecule has 6 nitrogen and oxygen atoms in total. The Labute approximate surface area is 213 Å². The van der Waals surface area contributed by atoms with Crippen LogP contribution in [-0.2, 0) is 25.0 Å². The average molecular weight is 487 g/mol. The van der Waals surface area contributed by atoms with Crippen molar-refractivity contribution in [1.82, 2.24) is 4.90 Å². The van der Waals surface area contributed by atoms with Crippen LogP contribution in [0.4, 0.5) is 0 Å². The second-order valence-corrected chi connectivity index (χ2v) is 10.2. The van der Waals surface area contributed by atoms with Gasteiger partial charge in [0.2, 0.25) is 5.75 Å². The van der Waals surface area contributed by atoms with Crippen LogP contribution in [0.1, 0.15) is 41.7 Å². The first kappa shape index (κ1) is 24.2. The molecule has 0 saturated heterocycles. The lowest BCUT2D eigenvalue weighted by Gasteiger charge is -2.44. The number of aryl methyl sites for hydroxylation is 2. The summed E-state index contributed by atoms with van der Waals surface area (Å²) >= 11 is 0. The van der Waals surface area contributed by atoms with E-state index in [2.05, 4.69) is 55.1 Å². The molecule has 0 radical (unpaired) electrons. The van der Waals surface area contributed by atoms with Gasteiger partial charge in [-0.1, -0.05) is 48.5 Å². The van der Waals surface area contributed by atoms with Gasteiger partial charge in [0.15, 0.2) is 17.2 Å². The largest absolute Gasteiger partial charge is 0.493 e. The number of aliphatic imine (C=N–C) groups is 1. The minimum atomic E-state index is -1.13. The molecule has 3 aromatic carbocycles. The van der Waals surface area contributed by atoms with E-state index in [4.69, 9.17) is 19.2 Å². The number of hydrogen-bond acceptors (Lipinski definition) is 6. The summed E-state index contributed by atoms with van der Waals surface area (Å²) in [5.41, 5.74) is 4.06. The van der Waals surface area contributed by atoms with Crippen LogP contribution in [0, 0.1) is 0 Å². The Balaban J connectivity index is 1.38. The van der Waals surface area contributed by atoms with Gasteiger partial charge in [-0.05, 0) is 55.5 Å². The summed E-state index contributed by atoms with van der Waals surface area (Å²) in [6, 6.07) is 20.6. The van der Waals surface area contributed by atoms with Crippen LogP contribution in [0.2, 0.25) is 0 Å². The van der Waals surface area contributed by atoms with Crippen molar-refractivity contribution in [2.45, 2.75) is 44.4 Å². The van der Waals surface area contributed by atoms with Crippen molar-refractivity contribution in [2.24, 2.45) is 4.99 Å². The topological polar surface area (TPSA) is 63.5 Å². The standard InChI is InChI=1S/C30H34N2O4/c1-29(2)19-32-28(31-29)24-9-7-6-8-22(24)18-30(32,33)23-14-12-20(13-15-23)10-11-21-16-25(34-3)27(36-5)26(17-21)35-4/h6-9,12-17,33H,10-11,18-19H2,1-5H3. The maximum absolute atomic E-state index is 12.1. The first-order chi connectivity index (χ1) is 17.3. The molecule has 0 saturated carbocycles. The second kappa shape index (κ2) is 9.17. The number of amidine groups is 1. The van der Waals surface area contributed by atoms with Gasteiger partial charge < -0.3 is 24.2 Å². The molecule has 2 heterocycles. The summed E-state index contributed by atoms with van der Waals surface area (Å²) < 4.78 is 16.4. The molecule has 0 aliphatic carbocycles. The quantitative estimate of drug-likeness (QED) is 0.523. The molecule has 2 aliphatic rings. The maximum atomic E-state index is 12.1. The summed E-state index contributed by atoms with van der Waals surface area (Å²) in [6.45, 7) is 4.91. The first-order valence-electron chi connectivity index (χ1n) is 12.3. The lowest BCUT2D eigenvalue weighted by molar-refractivity contribution is -0.0792. The Hall–Kier alpha value is -3.51. The highest BCUT2D eigenvalue weighted by molar-refractivity contribution is 6.03. The zero-order valence-electron chi connectivity index (χ0n) is 21.7. The molecule has 36 heavy (non-hydrogen) atoms. The van der Waals surface area contributed by atoms with Crippen molar-refractivity contribution < 1.29 is 19.3 Å². The zero-order valence-corrected chi connectivity index (χ0v) is 21.7. The molecule has 3 aromatic rings. The van der Waals surface area contributed by atoms with E-state index in [1.807, 2.05) is 24.3 Å². The highest BCUT2D eigenvalue weighted by Crippen LogP contribution is 2.42. The molecule has 1 unspecified atom stereocenters. The molecular weight excluding hydrogens is 452 g/mol. The van der Waals surface area contributed by atoms with Gasteiger partial charge in [-0.3, -0.25) is 4.99 Å². The van der Waals surface area contributed by atoms with Crippen LogP contribution in [0.3, 0.4) is 0 Å². The number of ether oxygens (including phenoxy) is 3. The normalized spacial score (nSPS) is 19.8. The molecule has 0 amide bonds. The van der Waals surface area contributed by atoms with Crippen molar-refractivity contribution in [1.29, 1.82) is 0 Å². The number of rotatable bonds is 7. The summed E-state index contributed by atoms with van der Waals surface area (Å²) in [6.07, 6.45) is 2.21. The van der Waals surface area contributed by atoms with Crippen LogP contribution in [-0.4, -0.2) is 49.3 Å². The fraction of sp³-hybridized carbons (Fsp3) is 0.367. The number of nitrogens with zero attached hydrogens (tertiary/aromatic N) is 2. The van der Waals surface area contributed by atoms with E-state index in [-0.39, 0.29) is 5.54 Å². The molecular formula is C30H34N2O4. The molecule has 0 aromatic heterocycles. The Morgan fingerprint density at radius 1 is 0.861 bits per heavy atom. The molecule has 0 bridgehead atoms. The molecule has 188 valence electrons. The fourth-order valence-corrected chi connectivity index (χ4v) is 5.37. The van der Waals surface area contributed by atoms with Gasteiger partial charge in [-0.2, -0.15) is 0 Å². The molecule has 1 atom stereocenters. The minimum absolute atomic E-state index is 0.249. The van der Waals surface area contributed by atoms with E-state index in [0.717, 1.165) is 40.9 Å². The van der Waals surface area contributed by atoms with Crippen molar-refractivity contribution in [3.05, 3.63) is 88.5 Å². The number of hydrogen-bond donors (Lipinski definition) is 1. The minimum Gasteiger partial charge on any atom is -0.493 e. The Bertz CT molecular complexity index is 1270. The number of benzene rings is 3. The zero-order chi connectivity index (χ0) is 25.5. The number of methoxy groups -OCH3 is 3. The Morgan fingerprint density at radius 2 is 1.50 bits per heavy atom. The fourth-order valence-electron chi connectivity index (χ4n) is 5.37. The van der Waals surface area contributed by atoms with Crippen molar-refractivity contribution in [3.8, 4) is 17.2 Å². The van der Waals surface area contributed by atoms with Crippen molar-refractivity contribution >= 4 is 5.84 Å². The maximum Gasteiger partial charge on any atom is 0.203 e. The van der Waals surface area contributed by atoms with E-state index >= 15 is 0 Å². The van der Waals surface area contributed by atoms with Gasteiger partial charge in [-0.25, -0.2) is 0 Å². The van der Waals surface area contributed by atoms with Crippen molar-refractivity contribution in [3.63, 3.8) is 0 Å². The van der Waals surface area contributed by atoms with Gasteiger partial charge in [-0.15, -0.1) is 0 Å². The second-order valence-electron chi connectivity index (χ2n) is 10.2. The molecule has 5 rings (SSSR count). The van der Waals surface area contributed by atoms with Crippen LogP contribution < -0.4 is 14.2 Å².